The number of hydrogen-bond acceptors (Lipinski definition) is 5. The Morgan fingerprint density at radius 1 is 1.09 bits per heavy atom. The highest BCUT2D eigenvalue weighted by Crippen LogP contribution is 2.31. The summed E-state index contributed by atoms with van der Waals surface area (Å²) in [4.78, 5) is 31.4. The molecule has 1 aliphatic carbocycles. The fourth-order valence-corrected chi connectivity index (χ4v) is 4.10. The number of aliphatic imine (C=N–C) groups is 1. The van der Waals surface area contributed by atoms with Gasteiger partial charge in [0.15, 0.2) is 11.5 Å². The monoisotopic (exact) mass is 479 g/mol. The quantitative estimate of drug-likeness (QED) is 0.661. The van der Waals surface area contributed by atoms with E-state index in [9.17, 15) is 9.59 Å². The molecule has 2 aliphatic heterocycles. The van der Waals surface area contributed by atoms with Gasteiger partial charge < -0.3 is 14.8 Å². The van der Waals surface area contributed by atoms with Crippen molar-refractivity contribution in [3.05, 3.63) is 93.9 Å². The maximum absolute atomic E-state index is 13.1. The Hall–Kier alpha value is -3.49. The van der Waals surface area contributed by atoms with Gasteiger partial charge in [-0.05, 0) is 53.7 Å². The number of carbonyl (C=O) groups excluding carboxylic acids is 2. The summed E-state index contributed by atoms with van der Waals surface area (Å²) in [5.41, 5.74) is 2.86. The van der Waals surface area contributed by atoms with E-state index in [-0.39, 0.29) is 30.3 Å². The van der Waals surface area contributed by atoms with Crippen molar-refractivity contribution in [1.82, 2.24) is 10.2 Å². The standard InChI is InChI=1S/C24H18ClN3O4S/c25-17-7-3-14(4-8-17)11-26-22(29)16-5-1-15(2-6-16)12-28-23(30)18-9-20-21(32-13-31-20)10-19(18)27-24(28)33/h1-10,18H,11-13H2,(H,26,29). The lowest BCUT2D eigenvalue weighted by Crippen LogP contribution is -2.45. The van der Waals surface area contributed by atoms with E-state index in [2.05, 4.69) is 10.3 Å². The first-order valence-electron chi connectivity index (χ1n) is 10.2. The Labute approximate surface area is 200 Å². The molecule has 0 radical (unpaired) electrons. The smallest absolute Gasteiger partial charge is 0.251 e. The van der Waals surface area contributed by atoms with Crippen LogP contribution in [0.4, 0.5) is 0 Å². The van der Waals surface area contributed by atoms with Crippen LogP contribution in [0.2, 0.25) is 5.02 Å². The zero-order valence-electron chi connectivity index (χ0n) is 17.3. The lowest BCUT2D eigenvalue weighted by Gasteiger charge is -2.30. The number of nitrogens with zero attached hydrogens (tertiary/aromatic N) is 2. The van der Waals surface area contributed by atoms with Gasteiger partial charge in [0.05, 0.1) is 12.3 Å². The summed E-state index contributed by atoms with van der Waals surface area (Å²) in [5, 5.41) is 3.73. The minimum atomic E-state index is -0.560. The zero-order chi connectivity index (χ0) is 22.9. The first kappa shape index (κ1) is 21.4. The third-order valence-electron chi connectivity index (χ3n) is 5.50. The van der Waals surface area contributed by atoms with E-state index in [4.69, 9.17) is 33.3 Å². The minimum Gasteiger partial charge on any atom is -0.454 e. The topological polar surface area (TPSA) is 80.2 Å². The molecule has 2 aromatic rings. The normalized spacial score (nSPS) is 18.9. The molecule has 7 nitrogen and oxygen atoms in total. The molecule has 2 heterocycles. The number of halogens is 1. The van der Waals surface area contributed by atoms with Crippen LogP contribution in [0.1, 0.15) is 21.5 Å². The summed E-state index contributed by atoms with van der Waals surface area (Å²) < 4.78 is 10.8. The van der Waals surface area contributed by atoms with Crippen molar-refractivity contribution in [1.29, 1.82) is 0 Å². The third-order valence-corrected chi connectivity index (χ3v) is 6.06. The van der Waals surface area contributed by atoms with E-state index in [1.807, 2.05) is 12.1 Å². The van der Waals surface area contributed by atoms with Gasteiger partial charge in [0.1, 0.15) is 5.92 Å². The SMILES string of the molecule is O=C(NCc1ccc(Cl)cc1)c1ccc(CN2C(=O)C3C=C4OCOC4=CC3=NC2=S)cc1. The number of nitrogens with one attached hydrogen (secondary N) is 1. The van der Waals surface area contributed by atoms with Gasteiger partial charge in [-0.2, -0.15) is 0 Å². The lowest BCUT2D eigenvalue weighted by atomic mass is 9.93. The van der Waals surface area contributed by atoms with Crippen LogP contribution in [-0.4, -0.2) is 34.3 Å². The molecule has 9 heteroatoms. The maximum Gasteiger partial charge on any atom is 0.251 e. The molecule has 0 aromatic heterocycles. The molecule has 2 aromatic carbocycles. The Morgan fingerprint density at radius 2 is 1.79 bits per heavy atom. The van der Waals surface area contributed by atoms with Gasteiger partial charge in [0, 0.05) is 23.2 Å². The van der Waals surface area contributed by atoms with Crippen molar-refractivity contribution in [2.45, 2.75) is 13.1 Å². The van der Waals surface area contributed by atoms with E-state index in [0.717, 1.165) is 11.1 Å². The Bertz CT molecular complexity index is 1240. The third kappa shape index (κ3) is 4.40. The number of fused-ring (bicyclic) bond motifs is 2. The van der Waals surface area contributed by atoms with Crippen LogP contribution < -0.4 is 5.32 Å². The van der Waals surface area contributed by atoms with E-state index in [1.54, 1.807) is 48.6 Å². The van der Waals surface area contributed by atoms with Crippen LogP contribution in [0.3, 0.4) is 0 Å². The molecule has 0 saturated carbocycles. The summed E-state index contributed by atoms with van der Waals surface area (Å²) in [6, 6.07) is 14.3. The highest BCUT2D eigenvalue weighted by Gasteiger charge is 2.38. The van der Waals surface area contributed by atoms with Crippen LogP contribution in [0.25, 0.3) is 0 Å². The summed E-state index contributed by atoms with van der Waals surface area (Å²) in [6.45, 7) is 0.783. The van der Waals surface area contributed by atoms with E-state index in [0.29, 0.717) is 34.4 Å². The zero-order valence-corrected chi connectivity index (χ0v) is 18.9. The fraction of sp³-hybridized carbons (Fsp3) is 0.167. The van der Waals surface area contributed by atoms with Gasteiger partial charge in [-0.1, -0.05) is 35.9 Å². The molecule has 1 unspecified atom stereocenters. The molecule has 33 heavy (non-hydrogen) atoms. The number of allylic oxidation sites excluding steroid dienone is 1. The molecule has 2 amide bonds. The molecule has 3 aliphatic rings. The largest absolute Gasteiger partial charge is 0.454 e. The molecule has 1 saturated heterocycles. The Balaban J connectivity index is 1.24. The average molecular weight is 480 g/mol. The van der Waals surface area contributed by atoms with Gasteiger partial charge in [0.2, 0.25) is 17.8 Å². The van der Waals surface area contributed by atoms with Crippen molar-refractivity contribution in [2.75, 3.05) is 6.79 Å². The van der Waals surface area contributed by atoms with Crippen molar-refractivity contribution < 1.29 is 19.1 Å². The molecule has 0 spiro atoms. The van der Waals surface area contributed by atoms with Crippen LogP contribution in [0.15, 0.2) is 77.2 Å². The van der Waals surface area contributed by atoms with Crippen LogP contribution >= 0.6 is 23.8 Å². The summed E-state index contributed by atoms with van der Waals surface area (Å²) in [6.07, 6.45) is 3.42. The van der Waals surface area contributed by atoms with Crippen molar-refractivity contribution >= 4 is 46.5 Å². The molecule has 1 atom stereocenters. The average Bonchev–Trinajstić information content (AvgIpc) is 3.28. The molecular weight excluding hydrogens is 462 g/mol. The highest BCUT2D eigenvalue weighted by atomic mass is 35.5. The van der Waals surface area contributed by atoms with Crippen molar-refractivity contribution in [3.63, 3.8) is 0 Å². The number of hydrogen-bond donors (Lipinski definition) is 1. The molecule has 1 fully saturated rings. The van der Waals surface area contributed by atoms with E-state index in [1.165, 1.54) is 4.90 Å². The van der Waals surface area contributed by atoms with Gasteiger partial charge in [-0.15, -0.1) is 0 Å². The second-order valence-electron chi connectivity index (χ2n) is 7.67. The number of amides is 2. The number of carbonyl (C=O) groups is 2. The molecule has 1 N–H and O–H groups in total. The first-order valence-corrected chi connectivity index (χ1v) is 11.0. The summed E-state index contributed by atoms with van der Waals surface area (Å²) in [7, 11) is 0. The van der Waals surface area contributed by atoms with E-state index >= 15 is 0 Å². The predicted octanol–water partition coefficient (Wildman–Crippen LogP) is 3.74. The van der Waals surface area contributed by atoms with Crippen LogP contribution in [-0.2, 0) is 27.4 Å². The van der Waals surface area contributed by atoms with Gasteiger partial charge >= 0.3 is 0 Å². The van der Waals surface area contributed by atoms with Crippen LogP contribution in [0, 0.1) is 5.92 Å². The Kier molecular flexibility index (Phi) is 5.70. The molecule has 5 rings (SSSR count). The van der Waals surface area contributed by atoms with Crippen molar-refractivity contribution in [2.24, 2.45) is 10.9 Å². The van der Waals surface area contributed by atoms with Crippen molar-refractivity contribution in [3.8, 4) is 0 Å². The highest BCUT2D eigenvalue weighted by molar-refractivity contribution is 7.80. The lowest BCUT2D eigenvalue weighted by molar-refractivity contribution is -0.129. The minimum absolute atomic E-state index is 0.125. The molecular formula is C24H18ClN3O4S. The van der Waals surface area contributed by atoms with Gasteiger partial charge in [-0.3, -0.25) is 14.5 Å². The fourth-order valence-electron chi connectivity index (χ4n) is 3.71. The first-order chi connectivity index (χ1) is 16.0. The second kappa shape index (κ2) is 8.80. The van der Waals surface area contributed by atoms with Gasteiger partial charge in [-0.25, -0.2) is 4.99 Å². The number of benzene rings is 2. The van der Waals surface area contributed by atoms with Crippen LogP contribution in [0.5, 0.6) is 0 Å². The Morgan fingerprint density at radius 3 is 2.55 bits per heavy atom. The number of rotatable bonds is 5. The van der Waals surface area contributed by atoms with E-state index < -0.39 is 5.92 Å². The number of ether oxygens (including phenoxy) is 2. The maximum atomic E-state index is 13.1. The molecule has 166 valence electrons. The number of thiocarbonyl (C=S) groups is 1. The summed E-state index contributed by atoms with van der Waals surface area (Å²) in [5.74, 6) is 0.196. The van der Waals surface area contributed by atoms with Gasteiger partial charge in [0.25, 0.3) is 5.91 Å². The summed E-state index contributed by atoms with van der Waals surface area (Å²) >= 11 is 11.3. The second-order valence-corrected chi connectivity index (χ2v) is 8.47. The predicted molar refractivity (Wildman–Crippen MR) is 126 cm³/mol. The molecule has 0 bridgehead atoms.